The predicted octanol–water partition coefficient (Wildman–Crippen LogP) is 4.32. The number of aromatic nitrogens is 2. The Morgan fingerprint density at radius 2 is 2.00 bits per heavy atom. The Hall–Kier alpha value is -3.61. The number of hydrogen-bond donors (Lipinski definition) is 1. The lowest BCUT2D eigenvalue weighted by Crippen LogP contribution is -2.41. The zero-order valence-electron chi connectivity index (χ0n) is 18.7. The van der Waals surface area contributed by atoms with Gasteiger partial charge in [-0.15, -0.1) is 0 Å². The molecule has 1 aliphatic heterocycles. The van der Waals surface area contributed by atoms with Gasteiger partial charge < -0.3 is 19.7 Å². The van der Waals surface area contributed by atoms with Crippen LogP contribution in [0, 0.1) is 12.8 Å². The van der Waals surface area contributed by atoms with Gasteiger partial charge in [0.25, 0.3) is 0 Å². The molecule has 1 aliphatic rings. The molecule has 1 amide bonds. The minimum Gasteiger partial charge on any atom is -0.497 e. The first-order valence-electron chi connectivity index (χ1n) is 10.8. The third-order valence-electron chi connectivity index (χ3n) is 5.70. The molecule has 1 fully saturated rings. The molecule has 1 saturated heterocycles. The first-order chi connectivity index (χ1) is 15.6. The molecule has 0 bridgehead atoms. The quantitative estimate of drug-likeness (QED) is 0.625. The van der Waals surface area contributed by atoms with E-state index in [-0.39, 0.29) is 11.8 Å². The van der Waals surface area contributed by atoms with E-state index in [1.54, 1.807) is 38.6 Å². The number of amides is 1. The van der Waals surface area contributed by atoms with Crippen molar-refractivity contribution in [3.8, 4) is 22.9 Å². The Balaban J connectivity index is 1.48. The van der Waals surface area contributed by atoms with E-state index in [1.165, 1.54) is 5.56 Å². The van der Waals surface area contributed by atoms with Crippen molar-refractivity contribution in [1.29, 1.82) is 0 Å². The maximum atomic E-state index is 13.0. The molecular formula is C25H28N4O3. The van der Waals surface area contributed by atoms with Crippen molar-refractivity contribution in [1.82, 2.24) is 9.97 Å². The molecule has 2 aromatic carbocycles. The molecule has 1 aromatic heterocycles. The number of anilines is 2. The fourth-order valence-corrected chi connectivity index (χ4v) is 3.98. The van der Waals surface area contributed by atoms with Gasteiger partial charge in [0.15, 0.2) is 5.82 Å². The van der Waals surface area contributed by atoms with Gasteiger partial charge in [-0.1, -0.05) is 23.8 Å². The molecule has 32 heavy (non-hydrogen) atoms. The summed E-state index contributed by atoms with van der Waals surface area (Å²) in [6, 6.07) is 15.4. The third kappa shape index (κ3) is 4.82. The number of rotatable bonds is 6. The number of carbonyl (C=O) groups is 1. The van der Waals surface area contributed by atoms with E-state index in [1.807, 2.05) is 18.2 Å². The van der Waals surface area contributed by atoms with Crippen LogP contribution in [0.2, 0.25) is 0 Å². The summed E-state index contributed by atoms with van der Waals surface area (Å²) >= 11 is 0. The van der Waals surface area contributed by atoms with Gasteiger partial charge in [-0.3, -0.25) is 4.79 Å². The van der Waals surface area contributed by atoms with Gasteiger partial charge in [-0.25, -0.2) is 9.97 Å². The average molecular weight is 433 g/mol. The molecule has 1 atom stereocenters. The van der Waals surface area contributed by atoms with Gasteiger partial charge in [0.05, 0.1) is 25.8 Å². The summed E-state index contributed by atoms with van der Waals surface area (Å²) in [6.45, 7) is 3.52. The Labute approximate surface area is 188 Å². The molecular weight excluding hydrogens is 404 g/mol. The Kier molecular flexibility index (Phi) is 6.54. The second kappa shape index (κ2) is 9.68. The van der Waals surface area contributed by atoms with Gasteiger partial charge in [0, 0.05) is 30.9 Å². The van der Waals surface area contributed by atoms with Crippen LogP contribution in [0.25, 0.3) is 11.4 Å². The average Bonchev–Trinajstić information content (AvgIpc) is 2.84. The number of methoxy groups -OCH3 is 2. The topological polar surface area (TPSA) is 76.6 Å². The van der Waals surface area contributed by atoms with Gasteiger partial charge in [0.2, 0.25) is 5.91 Å². The van der Waals surface area contributed by atoms with Crippen LogP contribution in [-0.2, 0) is 4.79 Å². The zero-order chi connectivity index (χ0) is 22.5. The highest BCUT2D eigenvalue weighted by Crippen LogP contribution is 2.30. The van der Waals surface area contributed by atoms with Crippen LogP contribution in [0.5, 0.6) is 11.5 Å². The molecule has 0 spiro atoms. The first kappa shape index (κ1) is 21.6. The number of piperidine rings is 1. The number of hydrogen-bond acceptors (Lipinski definition) is 6. The summed E-state index contributed by atoms with van der Waals surface area (Å²) < 4.78 is 10.6. The monoisotopic (exact) mass is 432 g/mol. The van der Waals surface area contributed by atoms with Crippen LogP contribution in [0.1, 0.15) is 18.4 Å². The first-order valence-corrected chi connectivity index (χ1v) is 10.8. The van der Waals surface area contributed by atoms with E-state index in [4.69, 9.17) is 14.5 Å². The number of nitrogens with zero attached hydrogens (tertiary/aromatic N) is 3. The van der Waals surface area contributed by atoms with Gasteiger partial charge in [0.1, 0.15) is 17.3 Å². The molecule has 1 unspecified atom stereocenters. The maximum absolute atomic E-state index is 13.0. The number of aryl methyl sites for hydroxylation is 1. The van der Waals surface area contributed by atoms with Crippen molar-refractivity contribution in [2.75, 3.05) is 37.5 Å². The van der Waals surface area contributed by atoms with Gasteiger partial charge in [-0.05, 0) is 44.0 Å². The second-order valence-electron chi connectivity index (χ2n) is 7.95. The van der Waals surface area contributed by atoms with Crippen molar-refractivity contribution in [2.24, 2.45) is 5.92 Å². The van der Waals surface area contributed by atoms with Crippen LogP contribution in [0.15, 0.2) is 54.7 Å². The van der Waals surface area contributed by atoms with E-state index < -0.39 is 0 Å². The smallest absolute Gasteiger partial charge is 0.229 e. The highest BCUT2D eigenvalue weighted by Gasteiger charge is 2.27. The van der Waals surface area contributed by atoms with Gasteiger partial charge >= 0.3 is 0 Å². The number of benzene rings is 2. The fourth-order valence-electron chi connectivity index (χ4n) is 3.98. The second-order valence-corrected chi connectivity index (χ2v) is 7.95. The molecule has 0 aliphatic carbocycles. The fraction of sp³-hybridized carbons (Fsp3) is 0.320. The van der Waals surface area contributed by atoms with E-state index in [9.17, 15) is 4.79 Å². The van der Waals surface area contributed by atoms with Crippen molar-refractivity contribution in [3.05, 3.63) is 60.3 Å². The normalized spacial score (nSPS) is 15.8. The molecule has 7 nitrogen and oxygen atoms in total. The molecule has 0 saturated carbocycles. The Morgan fingerprint density at radius 3 is 2.78 bits per heavy atom. The molecule has 7 heteroatoms. The third-order valence-corrected chi connectivity index (χ3v) is 5.70. The Bertz CT molecular complexity index is 1100. The highest BCUT2D eigenvalue weighted by atomic mass is 16.5. The summed E-state index contributed by atoms with van der Waals surface area (Å²) in [5.41, 5.74) is 2.80. The lowest BCUT2D eigenvalue weighted by molar-refractivity contribution is -0.120. The van der Waals surface area contributed by atoms with Crippen LogP contribution in [-0.4, -0.2) is 43.2 Å². The zero-order valence-corrected chi connectivity index (χ0v) is 18.7. The predicted molar refractivity (Wildman–Crippen MR) is 125 cm³/mol. The van der Waals surface area contributed by atoms with Crippen molar-refractivity contribution < 1.29 is 14.3 Å². The SMILES string of the molecule is COc1ccc(NC(=O)C2CCCN(c3ccnc(-c4cccc(C)c4)n3)C2)c(OC)c1. The molecule has 166 valence electrons. The number of nitrogens with one attached hydrogen (secondary N) is 1. The summed E-state index contributed by atoms with van der Waals surface area (Å²) in [5, 5.41) is 3.02. The Morgan fingerprint density at radius 1 is 1.12 bits per heavy atom. The largest absolute Gasteiger partial charge is 0.497 e. The summed E-state index contributed by atoms with van der Waals surface area (Å²) in [7, 11) is 3.18. The number of ether oxygens (including phenoxy) is 2. The lowest BCUT2D eigenvalue weighted by atomic mass is 9.97. The van der Waals surface area contributed by atoms with E-state index in [0.717, 1.165) is 30.8 Å². The van der Waals surface area contributed by atoms with E-state index in [2.05, 4.69) is 34.3 Å². The molecule has 3 aromatic rings. The molecule has 2 heterocycles. The van der Waals surface area contributed by atoms with E-state index >= 15 is 0 Å². The molecule has 1 N–H and O–H groups in total. The lowest BCUT2D eigenvalue weighted by Gasteiger charge is -2.33. The standard InChI is InChI=1S/C25H28N4O3/c1-17-6-4-7-18(14-17)24-26-12-11-23(28-24)29-13-5-8-19(16-29)25(30)27-21-10-9-20(31-2)15-22(21)32-3/h4,6-7,9-12,14-15,19H,5,8,13,16H2,1-3H3,(H,27,30). The van der Waals surface area contributed by atoms with Crippen LogP contribution < -0.4 is 19.7 Å². The molecule has 4 rings (SSSR count). The minimum absolute atomic E-state index is 0.0221. The summed E-state index contributed by atoms with van der Waals surface area (Å²) in [4.78, 5) is 24.4. The van der Waals surface area contributed by atoms with Gasteiger partial charge in [-0.2, -0.15) is 0 Å². The highest BCUT2D eigenvalue weighted by molar-refractivity contribution is 5.94. The van der Waals surface area contributed by atoms with Crippen LogP contribution in [0.4, 0.5) is 11.5 Å². The minimum atomic E-state index is -0.145. The van der Waals surface area contributed by atoms with Crippen LogP contribution in [0.3, 0.4) is 0 Å². The summed E-state index contributed by atoms with van der Waals surface area (Å²) in [6.07, 6.45) is 3.53. The summed E-state index contributed by atoms with van der Waals surface area (Å²) in [5.74, 6) is 2.62. The molecule has 0 radical (unpaired) electrons. The maximum Gasteiger partial charge on any atom is 0.229 e. The van der Waals surface area contributed by atoms with Crippen LogP contribution >= 0.6 is 0 Å². The van der Waals surface area contributed by atoms with E-state index in [0.29, 0.717) is 29.6 Å². The van der Waals surface area contributed by atoms with Crippen molar-refractivity contribution in [2.45, 2.75) is 19.8 Å². The number of carbonyl (C=O) groups excluding carboxylic acids is 1. The van der Waals surface area contributed by atoms with Crippen molar-refractivity contribution in [3.63, 3.8) is 0 Å². The van der Waals surface area contributed by atoms with Crippen molar-refractivity contribution >= 4 is 17.4 Å².